The Morgan fingerprint density at radius 1 is 1.04 bits per heavy atom. The fourth-order valence-corrected chi connectivity index (χ4v) is 3.75. The molecule has 0 N–H and O–H groups in total. The maximum Gasteiger partial charge on any atom is 0.271 e. The van der Waals surface area contributed by atoms with Gasteiger partial charge in [0.2, 0.25) is 0 Å². The van der Waals surface area contributed by atoms with E-state index in [0.717, 1.165) is 22.2 Å². The molecule has 0 aliphatic rings. The zero-order valence-corrected chi connectivity index (χ0v) is 14.1. The van der Waals surface area contributed by atoms with Crippen LogP contribution >= 0.6 is 11.3 Å². The molecule has 0 saturated heterocycles. The van der Waals surface area contributed by atoms with E-state index in [0.29, 0.717) is 11.2 Å². The van der Waals surface area contributed by atoms with Gasteiger partial charge in [-0.25, -0.2) is 4.98 Å². The minimum atomic E-state index is 0.0206. The summed E-state index contributed by atoms with van der Waals surface area (Å²) in [7, 11) is 0. The minimum Gasteiger partial charge on any atom is -0.294 e. The third-order valence-corrected chi connectivity index (χ3v) is 5.06. The average molecular weight is 332 g/mol. The number of aromatic nitrogens is 2. The normalized spacial score (nSPS) is 11.0. The van der Waals surface area contributed by atoms with E-state index in [-0.39, 0.29) is 5.56 Å². The van der Waals surface area contributed by atoms with Crippen LogP contribution in [-0.2, 0) is 6.54 Å². The quantitative estimate of drug-likeness (QED) is 0.554. The van der Waals surface area contributed by atoms with Crippen molar-refractivity contribution < 1.29 is 0 Å². The van der Waals surface area contributed by atoms with Gasteiger partial charge in [0.25, 0.3) is 5.56 Å². The lowest BCUT2D eigenvalue weighted by Crippen LogP contribution is -2.20. The second-order valence-electron chi connectivity index (χ2n) is 5.86. The van der Waals surface area contributed by atoms with Gasteiger partial charge < -0.3 is 0 Å². The van der Waals surface area contributed by atoms with Crippen molar-refractivity contribution >= 4 is 21.6 Å². The van der Waals surface area contributed by atoms with Crippen LogP contribution in [0.5, 0.6) is 0 Å². The second-order valence-corrected chi connectivity index (χ2v) is 6.74. The summed E-state index contributed by atoms with van der Waals surface area (Å²) in [5.74, 6) is 0. The van der Waals surface area contributed by atoms with E-state index in [1.54, 1.807) is 10.9 Å². The molecule has 0 aliphatic heterocycles. The van der Waals surface area contributed by atoms with E-state index < -0.39 is 0 Å². The maximum atomic E-state index is 12.8. The van der Waals surface area contributed by atoms with Gasteiger partial charge in [-0.15, -0.1) is 11.3 Å². The maximum absolute atomic E-state index is 12.8. The largest absolute Gasteiger partial charge is 0.294 e. The molecule has 0 radical (unpaired) electrons. The first-order chi connectivity index (χ1) is 11.7. The van der Waals surface area contributed by atoms with Crippen molar-refractivity contribution in [1.29, 1.82) is 0 Å². The predicted molar refractivity (Wildman–Crippen MR) is 99.6 cm³/mol. The van der Waals surface area contributed by atoms with Gasteiger partial charge in [-0.3, -0.25) is 9.36 Å². The Hall–Kier alpha value is -2.72. The molecular weight excluding hydrogens is 316 g/mol. The molecule has 0 saturated carbocycles. The van der Waals surface area contributed by atoms with E-state index in [2.05, 4.69) is 36.2 Å². The Labute approximate surface area is 143 Å². The fourth-order valence-electron chi connectivity index (χ4n) is 2.77. The molecule has 3 nitrogen and oxygen atoms in total. The van der Waals surface area contributed by atoms with E-state index in [1.807, 2.05) is 35.7 Å². The van der Waals surface area contributed by atoms with E-state index in [9.17, 15) is 4.79 Å². The van der Waals surface area contributed by atoms with Crippen molar-refractivity contribution in [3.63, 3.8) is 0 Å². The first-order valence-corrected chi connectivity index (χ1v) is 8.68. The van der Waals surface area contributed by atoms with Crippen LogP contribution in [0.15, 0.2) is 71.1 Å². The Balaban J connectivity index is 1.78. The van der Waals surface area contributed by atoms with Crippen LogP contribution < -0.4 is 5.56 Å². The number of hydrogen-bond donors (Lipinski definition) is 0. The highest BCUT2D eigenvalue weighted by molar-refractivity contribution is 7.17. The monoisotopic (exact) mass is 332 g/mol. The Bertz CT molecular complexity index is 1050. The molecule has 0 fully saturated rings. The molecule has 24 heavy (non-hydrogen) atoms. The van der Waals surface area contributed by atoms with Gasteiger partial charge in [-0.2, -0.15) is 0 Å². The summed E-state index contributed by atoms with van der Waals surface area (Å²) in [5.41, 5.74) is 5.25. The van der Waals surface area contributed by atoms with Crippen molar-refractivity contribution in [2.45, 2.75) is 13.5 Å². The number of nitrogens with zero attached hydrogens (tertiary/aromatic N) is 2. The van der Waals surface area contributed by atoms with Crippen molar-refractivity contribution in [3.8, 4) is 11.1 Å². The van der Waals surface area contributed by atoms with Crippen LogP contribution in [0.2, 0.25) is 0 Å². The first kappa shape index (κ1) is 14.8. The third kappa shape index (κ3) is 2.65. The molecule has 4 heteroatoms. The molecule has 4 rings (SSSR count). The molecule has 118 valence electrons. The number of aryl methyl sites for hydroxylation is 1. The number of hydrogen-bond acceptors (Lipinski definition) is 3. The minimum absolute atomic E-state index is 0.0206. The molecule has 0 atom stereocenters. The topological polar surface area (TPSA) is 34.9 Å². The Kier molecular flexibility index (Phi) is 3.75. The highest BCUT2D eigenvalue weighted by atomic mass is 32.1. The third-order valence-electron chi connectivity index (χ3n) is 4.10. The molecule has 4 aromatic rings. The summed E-state index contributed by atoms with van der Waals surface area (Å²) in [5, 5.41) is 2.02. The number of thiophene rings is 1. The molecule has 0 spiro atoms. The Morgan fingerprint density at radius 3 is 2.54 bits per heavy atom. The summed E-state index contributed by atoms with van der Waals surface area (Å²) in [4.78, 5) is 17.3. The lowest BCUT2D eigenvalue weighted by Gasteiger charge is -2.06. The highest BCUT2D eigenvalue weighted by Gasteiger charge is 2.12. The van der Waals surface area contributed by atoms with Crippen molar-refractivity contribution in [2.75, 3.05) is 0 Å². The standard InChI is InChI=1S/C20H16N2OS/c1-14-7-9-16(10-8-14)17-12-24-19-18(17)21-13-22(20(19)23)11-15-5-3-2-4-6-15/h2-10,12-13H,11H2,1H3. The van der Waals surface area contributed by atoms with Crippen LogP contribution in [0, 0.1) is 6.92 Å². The lowest BCUT2D eigenvalue weighted by molar-refractivity contribution is 0.750. The molecule has 2 aromatic heterocycles. The van der Waals surface area contributed by atoms with Gasteiger partial charge in [0.1, 0.15) is 4.70 Å². The Morgan fingerprint density at radius 2 is 1.79 bits per heavy atom. The van der Waals surface area contributed by atoms with Crippen LogP contribution in [0.4, 0.5) is 0 Å². The zero-order chi connectivity index (χ0) is 16.5. The van der Waals surface area contributed by atoms with Crippen LogP contribution in [-0.4, -0.2) is 9.55 Å². The molecular formula is C20H16N2OS. The molecule has 2 heterocycles. The molecule has 0 aliphatic carbocycles. The molecule has 2 aromatic carbocycles. The summed E-state index contributed by atoms with van der Waals surface area (Å²) in [6, 6.07) is 18.3. The van der Waals surface area contributed by atoms with Crippen molar-refractivity contribution in [2.24, 2.45) is 0 Å². The first-order valence-electron chi connectivity index (χ1n) is 7.80. The lowest BCUT2D eigenvalue weighted by atomic mass is 10.1. The highest BCUT2D eigenvalue weighted by Crippen LogP contribution is 2.30. The van der Waals surface area contributed by atoms with E-state index in [4.69, 9.17) is 0 Å². The number of fused-ring (bicyclic) bond motifs is 1. The average Bonchev–Trinajstić information content (AvgIpc) is 3.04. The molecule has 0 bridgehead atoms. The van der Waals surface area contributed by atoms with Crippen molar-refractivity contribution in [1.82, 2.24) is 9.55 Å². The SMILES string of the molecule is Cc1ccc(-c2csc3c(=O)n(Cc4ccccc4)cnc23)cc1. The summed E-state index contributed by atoms with van der Waals surface area (Å²) in [6.45, 7) is 2.61. The van der Waals surface area contributed by atoms with Gasteiger partial charge in [0, 0.05) is 10.9 Å². The van der Waals surface area contributed by atoms with Gasteiger partial charge >= 0.3 is 0 Å². The van der Waals surface area contributed by atoms with Crippen LogP contribution in [0.1, 0.15) is 11.1 Å². The van der Waals surface area contributed by atoms with Crippen LogP contribution in [0.3, 0.4) is 0 Å². The summed E-state index contributed by atoms with van der Waals surface area (Å²) in [6.07, 6.45) is 1.65. The number of benzene rings is 2. The smallest absolute Gasteiger partial charge is 0.271 e. The molecule has 0 amide bonds. The van der Waals surface area contributed by atoms with Gasteiger partial charge in [-0.1, -0.05) is 60.2 Å². The summed E-state index contributed by atoms with van der Waals surface area (Å²) >= 11 is 1.47. The van der Waals surface area contributed by atoms with E-state index in [1.165, 1.54) is 16.9 Å². The van der Waals surface area contributed by atoms with Gasteiger partial charge in [0.15, 0.2) is 0 Å². The molecule has 0 unspecified atom stereocenters. The van der Waals surface area contributed by atoms with E-state index >= 15 is 0 Å². The fraction of sp³-hybridized carbons (Fsp3) is 0.100. The van der Waals surface area contributed by atoms with Gasteiger partial charge in [-0.05, 0) is 18.1 Å². The van der Waals surface area contributed by atoms with Crippen LogP contribution in [0.25, 0.3) is 21.3 Å². The second kappa shape index (κ2) is 6.06. The number of rotatable bonds is 3. The van der Waals surface area contributed by atoms with Crippen molar-refractivity contribution in [3.05, 3.63) is 87.8 Å². The van der Waals surface area contributed by atoms with Gasteiger partial charge in [0.05, 0.1) is 18.4 Å². The predicted octanol–water partition coefficient (Wildman–Crippen LogP) is 4.48. The zero-order valence-electron chi connectivity index (χ0n) is 13.3. The summed E-state index contributed by atoms with van der Waals surface area (Å²) < 4.78 is 2.39.